The molecule has 3 N–H and O–H groups in total. The molecule has 1 aliphatic rings. The second-order valence-electron chi connectivity index (χ2n) is 6.51. The number of hydrogen-bond donors (Lipinski definition) is 2. The number of benzene rings is 1. The number of rotatable bonds is 8. The van der Waals surface area contributed by atoms with Crippen LogP contribution in [0.5, 0.6) is 5.75 Å². The quantitative estimate of drug-likeness (QED) is 0.693. The second kappa shape index (κ2) is 10.2. The number of primary amides is 1. The van der Waals surface area contributed by atoms with E-state index in [1.165, 1.54) is 7.11 Å². The third-order valence-corrected chi connectivity index (χ3v) is 5.42. The fraction of sp³-hybridized carbons (Fsp3) is 0.526. The van der Waals surface area contributed by atoms with Crippen molar-refractivity contribution in [3.05, 3.63) is 29.8 Å². The fourth-order valence-corrected chi connectivity index (χ4v) is 3.64. The minimum atomic E-state index is -0.611. The van der Waals surface area contributed by atoms with Crippen molar-refractivity contribution in [2.75, 3.05) is 32.2 Å². The van der Waals surface area contributed by atoms with Gasteiger partial charge in [-0.2, -0.15) is 11.8 Å². The van der Waals surface area contributed by atoms with E-state index in [9.17, 15) is 14.4 Å². The van der Waals surface area contributed by atoms with Gasteiger partial charge in [0.25, 0.3) is 5.91 Å². The number of likely N-dealkylation sites (tertiary alicyclic amines) is 1. The van der Waals surface area contributed by atoms with Crippen molar-refractivity contribution in [2.24, 2.45) is 11.7 Å². The predicted octanol–water partition coefficient (Wildman–Crippen LogP) is 1.27. The van der Waals surface area contributed by atoms with Crippen LogP contribution >= 0.6 is 11.8 Å². The first kappa shape index (κ1) is 21.1. The minimum absolute atomic E-state index is 0.116. The molecule has 1 atom stereocenters. The van der Waals surface area contributed by atoms with E-state index in [1.54, 1.807) is 40.9 Å². The van der Waals surface area contributed by atoms with Crippen molar-refractivity contribution >= 4 is 29.5 Å². The summed E-state index contributed by atoms with van der Waals surface area (Å²) in [5.41, 5.74) is 5.76. The Hall–Kier alpha value is -2.22. The normalized spacial score (nSPS) is 15.9. The molecule has 1 saturated heterocycles. The molecule has 3 amide bonds. The smallest absolute Gasteiger partial charge is 0.255 e. The van der Waals surface area contributed by atoms with Gasteiger partial charge in [-0.15, -0.1) is 0 Å². The molecule has 0 radical (unpaired) electrons. The van der Waals surface area contributed by atoms with Gasteiger partial charge in [0.05, 0.1) is 12.7 Å². The standard InChI is InChI=1S/C19H27N3O4S/c1-26-16-6-4-3-5-14(16)18(24)21-15(9-12-27-2)19(25)22-10-7-13(8-11-22)17(20)23/h3-6,13,15H,7-12H2,1-2H3,(H2,20,23)(H,21,24). The zero-order valence-electron chi connectivity index (χ0n) is 15.8. The predicted molar refractivity (Wildman–Crippen MR) is 106 cm³/mol. The summed E-state index contributed by atoms with van der Waals surface area (Å²) in [5.74, 6) is 0.273. The highest BCUT2D eigenvalue weighted by Crippen LogP contribution is 2.20. The maximum atomic E-state index is 13.0. The van der Waals surface area contributed by atoms with Gasteiger partial charge >= 0.3 is 0 Å². The van der Waals surface area contributed by atoms with Crippen LogP contribution in [0.3, 0.4) is 0 Å². The van der Waals surface area contributed by atoms with Gasteiger partial charge in [0.2, 0.25) is 11.8 Å². The van der Waals surface area contributed by atoms with Crippen molar-refractivity contribution in [1.82, 2.24) is 10.2 Å². The highest BCUT2D eigenvalue weighted by Gasteiger charge is 2.31. The molecule has 1 aromatic rings. The molecule has 0 aliphatic carbocycles. The third kappa shape index (κ3) is 5.63. The molecule has 2 rings (SSSR count). The molecule has 27 heavy (non-hydrogen) atoms. The molecule has 148 valence electrons. The number of amides is 3. The van der Waals surface area contributed by atoms with Gasteiger partial charge < -0.3 is 20.7 Å². The molecule has 1 unspecified atom stereocenters. The van der Waals surface area contributed by atoms with Crippen LogP contribution in [0.4, 0.5) is 0 Å². The summed E-state index contributed by atoms with van der Waals surface area (Å²) in [6.07, 6.45) is 3.63. The first-order valence-corrected chi connectivity index (χ1v) is 10.4. The molecule has 0 aromatic heterocycles. The molecule has 8 heteroatoms. The van der Waals surface area contributed by atoms with Crippen LogP contribution in [0.2, 0.25) is 0 Å². The van der Waals surface area contributed by atoms with Gasteiger partial charge in [0.1, 0.15) is 11.8 Å². The summed E-state index contributed by atoms with van der Waals surface area (Å²) in [6.45, 7) is 0.958. The minimum Gasteiger partial charge on any atom is -0.496 e. The van der Waals surface area contributed by atoms with Crippen LogP contribution in [0.25, 0.3) is 0 Å². The van der Waals surface area contributed by atoms with Crippen LogP contribution in [-0.2, 0) is 9.59 Å². The zero-order chi connectivity index (χ0) is 19.8. The van der Waals surface area contributed by atoms with Crippen LogP contribution in [0.15, 0.2) is 24.3 Å². The van der Waals surface area contributed by atoms with Crippen LogP contribution < -0.4 is 15.8 Å². The zero-order valence-corrected chi connectivity index (χ0v) is 16.6. The lowest BCUT2D eigenvalue weighted by Crippen LogP contribution is -2.51. The molecule has 1 aliphatic heterocycles. The number of nitrogens with zero attached hydrogens (tertiary/aromatic N) is 1. The highest BCUT2D eigenvalue weighted by atomic mass is 32.2. The molecule has 7 nitrogen and oxygen atoms in total. The van der Waals surface area contributed by atoms with Crippen molar-refractivity contribution in [1.29, 1.82) is 0 Å². The number of para-hydroxylation sites is 1. The average molecular weight is 394 g/mol. The largest absolute Gasteiger partial charge is 0.496 e. The number of hydrogen-bond acceptors (Lipinski definition) is 5. The van der Waals surface area contributed by atoms with Crippen LogP contribution in [-0.4, -0.2) is 60.9 Å². The SMILES string of the molecule is COc1ccccc1C(=O)NC(CCSC)C(=O)N1CCC(C(N)=O)CC1. The first-order chi connectivity index (χ1) is 13.0. The number of nitrogens with one attached hydrogen (secondary N) is 1. The Morgan fingerprint density at radius 3 is 2.56 bits per heavy atom. The summed E-state index contributed by atoms with van der Waals surface area (Å²) >= 11 is 1.62. The topological polar surface area (TPSA) is 102 Å². The number of piperidine rings is 1. The van der Waals surface area contributed by atoms with E-state index in [2.05, 4.69) is 5.32 Å². The Labute approximate surface area is 164 Å². The molecular weight excluding hydrogens is 366 g/mol. The number of nitrogens with two attached hydrogens (primary N) is 1. The van der Waals surface area contributed by atoms with Crippen LogP contribution in [0, 0.1) is 5.92 Å². The van der Waals surface area contributed by atoms with E-state index >= 15 is 0 Å². The van der Waals surface area contributed by atoms with E-state index in [0.29, 0.717) is 43.7 Å². The van der Waals surface area contributed by atoms with Crippen molar-refractivity contribution in [2.45, 2.75) is 25.3 Å². The summed E-state index contributed by atoms with van der Waals surface area (Å²) in [7, 11) is 1.51. The van der Waals surface area contributed by atoms with Crippen molar-refractivity contribution in [3.8, 4) is 5.75 Å². The maximum absolute atomic E-state index is 13.0. The first-order valence-electron chi connectivity index (χ1n) is 8.98. The van der Waals surface area contributed by atoms with Gasteiger partial charge in [0, 0.05) is 19.0 Å². The lowest BCUT2D eigenvalue weighted by Gasteiger charge is -2.33. The van der Waals surface area contributed by atoms with E-state index in [4.69, 9.17) is 10.5 Å². The molecule has 0 saturated carbocycles. The Morgan fingerprint density at radius 2 is 1.96 bits per heavy atom. The van der Waals surface area contributed by atoms with Crippen LogP contribution in [0.1, 0.15) is 29.6 Å². The molecular formula is C19H27N3O4S. The molecule has 1 aromatic carbocycles. The van der Waals surface area contributed by atoms with Gasteiger partial charge in [-0.05, 0) is 43.4 Å². The Bertz CT molecular complexity index is 675. The maximum Gasteiger partial charge on any atom is 0.255 e. The molecule has 0 bridgehead atoms. The summed E-state index contributed by atoms with van der Waals surface area (Å²) in [4.78, 5) is 38.7. The Kier molecular flexibility index (Phi) is 7.97. The van der Waals surface area contributed by atoms with Gasteiger partial charge in [-0.1, -0.05) is 12.1 Å². The molecule has 0 spiro atoms. The summed E-state index contributed by atoms with van der Waals surface area (Å²) in [5, 5.41) is 2.86. The fourth-order valence-electron chi connectivity index (χ4n) is 3.17. The molecule has 1 heterocycles. The number of carbonyl (C=O) groups is 3. The van der Waals surface area contributed by atoms with E-state index in [0.717, 1.165) is 5.75 Å². The van der Waals surface area contributed by atoms with Gasteiger partial charge in [-0.3, -0.25) is 14.4 Å². The monoisotopic (exact) mass is 393 g/mol. The molecule has 1 fully saturated rings. The highest BCUT2D eigenvalue weighted by molar-refractivity contribution is 7.98. The van der Waals surface area contributed by atoms with E-state index in [-0.39, 0.29) is 23.6 Å². The number of carbonyl (C=O) groups excluding carboxylic acids is 3. The van der Waals surface area contributed by atoms with Crippen molar-refractivity contribution in [3.63, 3.8) is 0 Å². The van der Waals surface area contributed by atoms with E-state index < -0.39 is 6.04 Å². The number of thioether (sulfide) groups is 1. The van der Waals surface area contributed by atoms with Gasteiger partial charge in [-0.25, -0.2) is 0 Å². The third-order valence-electron chi connectivity index (χ3n) is 4.77. The summed E-state index contributed by atoms with van der Waals surface area (Å²) in [6, 6.07) is 6.31. The number of ether oxygens (including phenoxy) is 1. The lowest BCUT2D eigenvalue weighted by molar-refractivity contribution is -0.136. The Morgan fingerprint density at radius 1 is 1.30 bits per heavy atom. The van der Waals surface area contributed by atoms with Gasteiger partial charge in [0.15, 0.2) is 0 Å². The second-order valence-corrected chi connectivity index (χ2v) is 7.50. The Balaban J connectivity index is 2.07. The summed E-state index contributed by atoms with van der Waals surface area (Å²) < 4.78 is 5.24. The lowest BCUT2D eigenvalue weighted by atomic mass is 9.95. The average Bonchev–Trinajstić information content (AvgIpc) is 2.70. The number of methoxy groups -OCH3 is 1. The van der Waals surface area contributed by atoms with Crippen molar-refractivity contribution < 1.29 is 19.1 Å². The van der Waals surface area contributed by atoms with E-state index in [1.807, 2.05) is 6.26 Å².